The molecule has 0 aliphatic heterocycles. The van der Waals surface area contributed by atoms with Crippen LogP contribution in [0.15, 0.2) is 36.9 Å². The first-order valence-electron chi connectivity index (χ1n) is 5.83. The minimum Gasteiger partial charge on any atom is -0.310 e. The van der Waals surface area contributed by atoms with Gasteiger partial charge < -0.3 is 9.88 Å². The quantitative estimate of drug-likeness (QED) is 0.874. The van der Waals surface area contributed by atoms with Crippen LogP contribution in [-0.4, -0.2) is 15.6 Å². The Bertz CT molecular complexity index is 503. The van der Waals surface area contributed by atoms with Gasteiger partial charge in [-0.25, -0.2) is 9.37 Å². The van der Waals surface area contributed by atoms with Crippen LogP contribution in [-0.2, 0) is 6.54 Å². The summed E-state index contributed by atoms with van der Waals surface area (Å²) in [5, 5.41) is 3.37. The molecule has 1 heterocycles. The predicted molar refractivity (Wildman–Crippen MR) is 63.4 cm³/mol. The van der Waals surface area contributed by atoms with E-state index in [1.54, 1.807) is 35.4 Å². The van der Waals surface area contributed by atoms with E-state index < -0.39 is 0 Å². The minimum atomic E-state index is -0.210. The van der Waals surface area contributed by atoms with Crippen LogP contribution in [0.3, 0.4) is 0 Å². The van der Waals surface area contributed by atoms with Crippen molar-refractivity contribution in [2.75, 3.05) is 0 Å². The topological polar surface area (TPSA) is 29.9 Å². The summed E-state index contributed by atoms with van der Waals surface area (Å²) in [5.41, 5.74) is 1.52. The van der Waals surface area contributed by atoms with Crippen LogP contribution in [0.5, 0.6) is 0 Å². The SMILES string of the molecule is Fc1cc(CNC2CC2)ccc1-n1ccnc1. The zero-order chi connectivity index (χ0) is 11.7. The van der Waals surface area contributed by atoms with Crippen molar-refractivity contribution in [3.8, 4) is 5.69 Å². The van der Waals surface area contributed by atoms with E-state index in [1.165, 1.54) is 12.8 Å². The zero-order valence-corrected chi connectivity index (χ0v) is 9.44. The third-order valence-corrected chi connectivity index (χ3v) is 2.97. The Morgan fingerprint density at radius 1 is 1.41 bits per heavy atom. The van der Waals surface area contributed by atoms with E-state index in [9.17, 15) is 4.39 Å². The molecule has 0 spiro atoms. The summed E-state index contributed by atoms with van der Waals surface area (Å²) in [6, 6.07) is 5.98. The van der Waals surface area contributed by atoms with Crippen LogP contribution in [0.1, 0.15) is 18.4 Å². The van der Waals surface area contributed by atoms with Gasteiger partial charge in [0, 0.05) is 25.0 Å². The van der Waals surface area contributed by atoms with Crippen molar-refractivity contribution in [2.24, 2.45) is 0 Å². The van der Waals surface area contributed by atoms with Gasteiger partial charge in [0.05, 0.1) is 12.0 Å². The first-order valence-corrected chi connectivity index (χ1v) is 5.83. The summed E-state index contributed by atoms with van der Waals surface area (Å²) in [6.07, 6.45) is 7.47. The van der Waals surface area contributed by atoms with Gasteiger partial charge in [-0.3, -0.25) is 0 Å². The fraction of sp³-hybridized carbons (Fsp3) is 0.308. The maximum Gasteiger partial charge on any atom is 0.147 e. The third kappa shape index (κ3) is 2.36. The molecule has 88 valence electrons. The highest BCUT2D eigenvalue weighted by molar-refractivity contribution is 5.36. The van der Waals surface area contributed by atoms with Crippen LogP contribution in [0.25, 0.3) is 5.69 Å². The molecule has 1 aliphatic rings. The Balaban J connectivity index is 1.78. The summed E-state index contributed by atoms with van der Waals surface area (Å²) >= 11 is 0. The van der Waals surface area contributed by atoms with E-state index in [-0.39, 0.29) is 5.82 Å². The molecule has 17 heavy (non-hydrogen) atoms. The molecular formula is C13H14FN3. The number of imidazole rings is 1. The standard InChI is InChI=1S/C13H14FN3/c14-12-7-10(8-16-11-2-3-11)1-4-13(12)17-6-5-15-9-17/h1,4-7,9,11,16H,2-3,8H2. The van der Waals surface area contributed by atoms with E-state index >= 15 is 0 Å². The lowest BCUT2D eigenvalue weighted by Gasteiger charge is -2.07. The van der Waals surface area contributed by atoms with Gasteiger partial charge >= 0.3 is 0 Å². The molecule has 0 atom stereocenters. The molecule has 1 aliphatic carbocycles. The third-order valence-electron chi connectivity index (χ3n) is 2.97. The molecule has 0 bridgehead atoms. The Labute approximate surface area is 99.3 Å². The van der Waals surface area contributed by atoms with Gasteiger partial charge in [-0.2, -0.15) is 0 Å². The highest BCUT2D eigenvalue weighted by Crippen LogP contribution is 2.20. The van der Waals surface area contributed by atoms with Crippen LogP contribution >= 0.6 is 0 Å². The van der Waals surface area contributed by atoms with Crippen LogP contribution in [0, 0.1) is 5.82 Å². The highest BCUT2D eigenvalue weighted by Gasteiger charge is 2.20. The molecule has 1 aromatic heterocycles. The Kier molecular flexibility index (Phi) is 2.65. The van der Waals surface area contributed by atoms with E-state index in [0.29, 0.717) is 11.7 Å². The molecule has 1 N–H and O–H groups in total. The van der Waals surface area contributed by atoms with Crippen molar-refractivity contribution < 1.29 is 4.39 Å². The van der Waals surface area contributed by atoms with Gasteiger partial charge in [0.1, 0.15) is 5.82 Å². The first-order chi connectivity index (χ1) is 8.33. The lowest BCUT2D eigenvalue weighted by molar-refractivity contribution is 0.610. The number of nitrogens with one attached hydrogen (secondary N) is 1. The lowest BCUT2D eigenvalue weighted by Crippen LogP contribution is -2.15. The van der Waals surface area contributed by atoms with E-state index in [2.05, 4.69) is 10.3 Å². The number of aromatic nitrogens is 2. The largest absolute Gasteiger partial charge is 0.310 e. The van der Waals surface area contributed by atoms with Gasteiger partial charge in [-0.15, -0.1) is 0 Å². The summed E-state index contributed by atoms with van der Waals surface area (Å²) < 4.78 is 15.6. The van der Waals surface area contributed by atoms with Gasteiger partial charge in [-0.1, -0.05) is 6.07 Å². The average Bonchev–Trinajstić information content (AvgIpc) is 3.01. The van der Waals surface area contributed by atoms with Crippen LogP contribution in [0.4, 0.5) is 4.39 Å². The molecule has 1 aromatic carbocycles. The molecule has 0 unspecified atom stereocenters. The minimum absolute atomic E-state index is 0.210. The van der Waals surface area contributed by atoms with Crippen LogP contribution < -0.4 is 5.32 Å². The zero-order valence-electron chi connectivity index (χ0n) is 9.44. The van der Waals surface area contributed by atoms with Gasteiger partial charge in [0.2, 0.25) is 0 Å². The number of rotatable bonds is 4. The number of benzene rings is 1. The van der Waals surface area contributed by atoms with Crippen molar-refractivity contribution in [1.29, 1.82) is 0 Å². The molecule has 3 nitrogen and oxygen atoms in total. The number of hydrogen-bond donors (Lipinski definition) is 1. The van der Waals surface area contributed by atoms with Crippen molar-refractivity contribution in [3.05, 3.63) is 48.3 Å². The van der Waals surface area contributed by atoms with E-state index in [1.807, 2.05) is 6.07 Å². The Hall–Kier alpha value is -1.68. The smallest absolute Gasteiger partial charge is 0.147 e. The maximum atomic E-state index is 13.9. The van der Waals surface area contributed by atoms with Gasteiger partial charge in [0.25, 0.3) is 0 Å². The second kappa shape index (κ2) is 4.30. The van der Waals surface area contributed by atoms with E-state index in [4.69, 9.17) is 0 Å². The van der Waals surface area contributed by atoms with Gasteiger partial charge in [-0.05, 0) is 30.5 Å². The molecule has 3 rings (SSSR count). The molecule has 4 heteroatoms. The lowest BCUT2D eigenvalue weighted by atomic mass is 10.2. The van der Waals surface area contributed by atoms with Crippen molar-refractivity contribution in [1.82, 2.24) is 14.9 Å². The predicted octanol–water partition coefficient (Wildman–Crippen LogP) is 2.26. The summed E-state index contributed by atoms with van der Waals surface area (Å²) in [5.74, 6) is -0.210. The number of hydrogen-bond acceptors (Lipinski definition) is 2. The highest BCUT2D eigenvalue weighted by atomic mass is 19.1. The van der Waals surface area contributed by atoms with Crippen LogP contribution in [0.2, 0.25) is 0 Å². The molecule has 1 saturated carbocycles. The molecular weight excluding hydrogens is 217 g/mol. The molecule has 1 fully saturated rings. The van der Waals surface area contributed by atoms with Crippen molar-refractivity contribution in [2.45, 2.75) is 25.4 Å². The summed E-state index contributed by atoms with van der Waals surface area (Å²) in [7, 11) is 0. The number of nitrogens with zero attached hydrogens (tertiary/aromatic N) is 2. The van der Waals surface area contributed by atoms with E-state index in [0.717, 1.165) is 12.1 Å². The summed E-state index contributed by atoms with van der Waals surface area (Å²) in [4.78, 5) is 3.91. The van der Waals surface area contributed by atoms with Crippen molar-refractivity contribution in [3.63, 3.8) is 0 Å². The van der Waals surface area contributed by atoms with Crippen molar-refractivity contribution >= 4 is 0 Å². The monoisotopic (exact) mass is 231 g/mol. The molecule has 0 amide bonds. The normalized spacial score (nSPS) is 15.1. The molecule has 0 saturated heterocycles. The second-order valence-corrected chi connectivity index (χ2v) is 4.41. The fourth-order valence-electron chi connectivity index (χ4n) is 1.82. The Morgan fingerprint density at radius 2 is 2.29 bits per heavy atom. The summed E-state index contributed by atoms with van der Waals surface area (Å²) in [6.45, 7) is 0.742. The average molecular weight is 231 g/mol. The maximum absolute atomic E-state index is 13.9. The molecule has 0 radical (unpaired) electrons. The first kappa shape index (κ1) is 10.5. The van der Waals surface area contributed by atoms with Gasteiger partial charge in [0.15, 0.2) is 0 Å². The molecule has 2 aromatic rings. The Morgan fingerprint density at radius 3 is 2.94 bits per heavy atom. The fourth-order valence-corrected chi connectivity index (χ4v) is 1.82. The second-order valence-electron chi connectivity index (χ2n) is 4.41. The number of halogens is 1.